The molecule has 0 aromatic carbocycles. The molecular formula is C20H33BN4O4. The summed E-state index contributed by atoms with van der Waals surface area (Å²) < 4.78 is 17.4. The van der Waals surface area contributed by atoms with Gasteiger partial charge in [0, 0.05) is 37.5 Å². The highest BCUT2D eigenvalue weighted by Gasteiger charge is 2.52. The van der Waals surface area contributed by atoms with Gasteiger partial charge in [-0.15, -0.1) is 0 Å². The number of carbonyl (C=O) groups excluding carboxylic acids is 1. The summed E-state index contributed by atoms with van der Waals surface area (Å²) in [5.41, 5.74) is -0.451. The fourth-order valence-corrected chi connectivity index (χ4v) is 3.32. The molecular weight excluding hydrogens is 371 g/mol. The fourth-order valence-electron chi connectivity index (χ4n) is 3.32. The van der Waals surface area contributed by atoms with Gasteiger partial charge in [0.25, 0.3) is 0 Å². The molecule has 0 saturated carbocycles. The van der Waals surface area contributed by atoms with Crippen LogP contribution in [0.5, 0.6) is 0 Å². The lowest BCUT2D eigenvalue weighted by Gasteiger charge is -2.32. The van der Waals surface area contributed by atoms with E-state index in [1.165, 1.54) is 0 Å². The second kappa shape index (κ2) is 7.76. The molecule has 2 saturated heterocycles. The number of hydrogen-bond acceptors (Lipinski definition) is 7. The van der Waals surface area contributed by atoms with Gasteiger partial charge in [-0.05, 0) is 60.8 Å². The van der Waals surface area contributed by atoms with E-state index in [0.29, 0.717) is 18.4 Å². The minimum atomic E-state index is -0.488. The molecule has 3 heterocycles. The Kier molecular flexibility index (Phi) is 5.84. The zero-order valence-corrected chi connectivity index (χ0v) is 18.6. The number of ether oxygens (including phenoxy) is 1. The molecule has 1 N–H and O–H groups in total. The van der Waals surface area contributed by atoms with Crippen molar-refractivity contribution >= 4 is 24.6 Å². The van der Waals surface area contributed by atoms with Crippen LogP contribution in [0.25, 0.3) is 0 Å². The molecule has 9 heteroatoms. The van der Waals surface area contributed by atoms with Crippen LogP contribution in [0.15, 0.2) is 12.4 Å². The number of hydrogen-bond donors (Lipinski definition) is 1. The minimum absolute atomic E-state index is 0.342. The smallest absolute Gasteiger partial charge is 0.444 e. The van der Waals surface area contributed by atoms with Gasteiger partial charge in [-0.25, -0.2) is 14.8 Å². The highest BCUT2D eigenvalue weighted by molar-refractivity contribution is 6.61. The molecule has 1 amide bonds. The lowest BCUT2D eigenvalue weighted by molar-refractivity contribution is 0.00578. The van der Waals surface area contributed by atoms with E-state index in [0.717, 1.165) is 25.0 Å². The summed E-state index contributed by atoms with van der Waals surface area (Å²) in [7, 11) is -0.460. The average Bonchev–Trinajstić information content (AvgIpc) is 3.14. The Morgan fingerprint density at radius 2 is 1.83 bits per heavy atom. The zero-order valence-electron chi connectivity index (χ0n) is 18.6. The molecule has 8 nitrogen and oxygen atoms in total. The molecule has 3 rings (SSSR count). The van der Waals surface area contributed by atoms with Gasteiger partial charge in [-0.1, -0.05) is 0 Å². The summed E-state index contributed by atoms with van der Waals surface area (Å²) in [5.74, 6) is 1.03. The van der Waals surface area contributed by atoms with Crippen molar-refractivity contribution < 1.29 is 18.8 Å². The predicted octanol–water partition coefficient (Wildman–Crippen LogP) is 2.13. The Morgan fingerprint density at radius 1 is 1.24 bits per heavy atom. The van der Waals surface area contributed by atoms with Crippen molar-refractivity contribution in [2.45, 2.75) is 71.7 Å². The fraction of sp³-hybridized carbons (Fsp3) is 0.750. The van der Waals surface area contributed by atoms with Crippen LogP contribution in [0.1, 0.15) is 54.9 Å². The molecule has 2 aliphatic heterocycles. The minimum Gasteiger partial charge on any atom is -0.444 e. The van der Waals surface area contributed by atoms with Crippen molar-refractivity contribution in [3.8, 4) is 0 Å². The van der Waals surface area contributed by atoms with Gasteiger partial charge < -0.3 is 24.3 Å². The molecule has 0 aliphatic carbocycles. The third-order valence-corrected chi connectivity index (χ3v) is 5.69. The Morgan fingerprint density at radius 3 is 2.38 bits per heavy atom. The zero-order chi connectivity index (χ0) is 21.4. The molecule has 1 unspecified atom stereocenters. The largest absolute Gasteiger partial charge is 0.498 e. The van der Waals surface area contributed by atoms with Crippen LogP contribution in [-0.4, -0.2) is 59.6 Å². The average molecular weight is 404 g/mol. The summed E-state index contributed by atoms with van der Waals surface area (Å²) in [6, 6.07) is 0. The summed E-state index contributed by atoms with van der Waals surface area (Å²) in [6.45, 7) is 15.9. The summed E-state index contributed by atoms with van der Waals surface area (Å²) in [6.07, 6.45) is 4.14. The van der Waals surface area contributed by atoms with E-state index in [9.17, 15) is 4.79 Å². The SMILES string of the molecule is CC(C)(C)OC(=O)NCC1CCN(c2ncc(B3OC(C)(C)C(C)(C)O3)cn2)C1. The van der Waals surface area contributed by atoms with Crippen molar-refractivity contribution in [3.05, 3.63) is 12.4 Å². The lowest BCUT2D eigenvalue weighted by Crippen LogP contribution is -2.41. The first kappa shape index (κ1) is 21.8. The monoisotopic (exact) mass is 404 g/mol. The summed E-state index contributed by atoms with van der Waals surface area (Å²) in [5, 5.41) is 2.85. The number of amides is 1. The second-order valence-corrected chi connectivity index (χ2v) is 9.89. The van der Waals surface area contributed by atoms with Crippen molar-refractivity contribution in [3.63, 3.8) is 0 Å². The molecule has 1 aromatic rings. The molecule has 0 spiro atoms. The van der Waals surface area contributed by atoms with Crippen molar-refractivity contribution in [2.75, 3.05) is 24.5 Å². The number of nitrogens with zero attached hydrogens (tertiary/aromatic N) is 3. The summed E-state index contributed by atoms with van der Waals surface area (Å²) >= 11 is 0. The van der Waals surface area contributed by atoms with Crippen molar-refractivity contribution in [1.29, 1.82) is 0 Å². The van der Waals surface area contributed by atoms with Crippen LogP contribution in [0.3, 0.4) is 0 Å². The van der Waals surface area contributed by atoms with Crippen LogP contribution in [0.2, 0.25) is 0 Å². The van der Waals surface area contributed by atoms with Gasteiger partial charge in [-0.3, -0.25) is 0 Å². The Labute approximate surface area is 173 Å². The van der Waals surface area contributed by atoms with Gasteiger partial charge in [0.1, 0.15) is 5.60 Å². The molecule has 2 aliphatic rings. The van der Waals surface area contributed by atoms with Crippen molar-refractivity contribution in [1.82, 2.24) is 15.3 Å². The van der Waals surface area contributed by atoms with E-state index in [2.05, 4.69) is 20.2 Å². The van der Waals surface area contributed by atoms with Gasteiger partial charge in [0.15, 0.2) is 0 Å². The van der Waals surface area contributed by atoms with Crippen LogP contribution >= 0.6 is 0 Å². The standard InChI is InChI=1S/C20H33BN4O4/c1-18(2,3)27-17(26)24-10-14-8-9-25(13-14)16-22-11-15(12-23-16)21-28-19(4,5)20(6,7)29-21/h11-12,14H,8-10,13H2,1-7H3,(H,24,26). The van der Waals surface area contributed by atoms with E-state index >= 15 is 0 Å². The van der Waals surface area contributed by atoms with Crippen molar-refractivity contribution in [2.24, 2.45) is 5.92 Å². The first-order chi connectivity index (χ1) is 13.4. The topological polar surface area (TPSA) is 85.8 Å². The molecule has 29 heavy (non-hydrogen) atoms. The number of anilines is 1. The maximum atomic E-state index is 11.8. The van der Waals surface area contributed by atoms with E-state index in [1.807, 2.05) is 48.5 Å². The number of alkyl carbamates (subject to hydrolysis) is 1. The first-order valence-electron chi connectivity index (χ1n) is 10.3. The number of carbonyl (C=O) groups is 1. The maximum absolute atomic E-state index is 11.8. The molecule has 1 atom stereocenters. The highest BCUT2D eigenvalue weighted by Crippen LogP contribution is 2.36. The van der Waals surface area contributed by atoms with Crippen LogP contribution in [0, 0.1) is 5.92 Å². The third kappa shape index (κ3) is 5.19. The van der Waals surface area contributed by atoms with Gasteiger partial charge >= 0.3 is 13.2 Å². The van der Waals surface area contributed by atoms with Crippen LogP contribution < -0.4 is 15.7 Å². The van der Waals surface area contributed by atoms with E-state index < -0.39 is 12.7 Å². The Hall–Kier alpha value is -1.87. The molecule has 160 valence electrons. The van der Waals surface area contributed by atoms with Gasteiger partial charge in [0.05, 0.1) is 11.2 Å². The molecule has 1 aromatic heterocycles. The van der Waals surface area contributed by atoms with E-state index in [-0.39, 0.29) is 17.3 Å². The molecule has 0 bridgehead atoms. The van der Waals surface area contributed by atoms with Gasteiger partial charge in [-0.2, -0.15) is 0 Å². The van der Waals surface area contributed by atoms with E-state index in [1.54, 1.807) is 12.4 Å². The van der Waals surface area contributed by atoms with Crippen LogP contribution in [-0.2, 0) is 14.0 Å². The summed E-state index contributed by atoms with van der Waals surface area (Å²) in [4.78, 5) is 23.0. The Balaban J connectivity index is 1.52. The number of rotatable bonds is 4. The molecule has 2 fully saturated rings. The van der Waals surface area contributed by atoms with Gasteiger partial charge in [0.2, 0.25) is 5.95 Å². The lowest BCUT2D eigenvalue weighted by atomic mass is 9.81. The number of nitrogens with one attached hydrogen (secondary N) is 1. The normalized spacial score (nSPS) is 23.3. The molecule has 0 radical (unpaired) electrons. The highest BCUT2D eigenvalue weighted by atomic mass is 16.7. The Bertz CT molecular complexity index is 717. The van der Waals surface area contributed by atoms with Crippen LogP contribution in [0.4, 0.5) is 10.7 Å². The quantitative estimate of drug-likeness (QED) is 0.770. The predicted molar refractivity (Wildman–Crippen MR) is 112 cm³/mol. The second-order valence-electron chi connectivity index (χ2n) is 9.89. The van der Waals surface area contributed by atoms with E-state index in [4.69, 9.17) is 14.0 Å². The number of aromatic nitrogens is 2. The third-order valence-electron chi connectivity index (χ3n) is 5.69. The maximum Gasteiger partial charge on any atom is 0.498 e. The first-order valence-corrected chi connectivity index (χ1v) is 10.3.